The first-order chi connectivity index (χ1) is 11.1. The smallest absolute Gasteiger partial charge is 0.224 e. The van der Waals surface area contributed by atoms with E-state index in [-0.39, 0.29) is 5.91 Å². The minimum Gasteiger partial charge on any atom is -0.378 e. The van der Waals surface area contributed by atoms with Gasteiger partial charge in [0.25, 0.3) is 0 Å². The maximum atomic E-state index is 12.0. The minimum absolute atomic E-state index is 0.0993. The molecule has 0 aliphatic rings. The molecule has 0 fully saturated rings. The van der Waals surface area contributed by atoms with Gasteiger partial charge in [0.2, 0.25) is 5.91 Å². The van der Waals surface area contributed by atoms with Gasteiger partial charge < -0.3 is 10.2 Å². The van der Waals surface area contributed by atoms with Gasteiger partial charge in [-0.25, -0.2) is 0 Å². The van der Waals surface area contributed by atoms with E-state index >= 15 is 0 Å². The highest BCUT2D eigenvalue weighted by atomic mass is 16.1. The number of anilines is 1. The Morgan fingerprint density at radius 1 is 1.04 bits per heavy atom. The number of nitrogens with one attached hydrogen (secondary N) is 1. The summed E-state index contributed by atoms with van der Waals surface area (Å²) in [5.41, 5.74) is 4.79. The third kappa shape index (κ3) is 5.44. The predicted octanol–water partition coefficient (Wildman–Crippen LogP) is 3.35. The minimum atomic E-state index is 0.0993. The Hall–Kier alpha value is -2.29. The highest BCUT2D eigenvalue weighted by molar-refractivity contribution is 5.78. The SMILES string of the molecule is Cc1ccccc1CC(=O)NCCCc1ccc(N(C)C)cc1. The number of hydrogen-bond acceptors (Lipinski definition) is 2. The first-order valence-electron chi connectivity index (χ1n) is 8.14. The molecule has 0 saturated carbocycles. The average molecular weight is 310 g/mol. The number of rotatable bonds is 7. The number of hydrogen-bond donors (Lipinski definition) is 1. The first-order valence-corrected chi connectivity index (χ1v) is 8.14. The van der Waals surface area contributed by atoms with Crippen LogP contribution in [0, 0.1) is 6.92 Å². The van der Waals surface area contributed by atoms with Gasteiger partial charge in [-0.3, -0.25) is 4.79 Å². The van der Waals surface area contributed by atoms with E-state index in [0.29, 0.717) is 6.42 Å². The zero-order valence-corrected chi connectivity index (χ0v) is 14.3. The molecule has 0 aliphatic carbocycles. The molecule has 0 spiro atoms. The van der Waals surface area contributed by atoms with E-state index in [1.807, 2.05) is 45.3 Å². The summed E-state index contributed by atoms with van der Waals surface area (Å²) in [6.07, 6.45) is 2.41. The first kappa shape index (κ1) is 17.1. The van der Waals surface area contributed by atoms with E-state index in [1.165, 1.54) is 16.8 Å². The standard InChI is InChI=1S/C20H26N2O/c1-16-7-4-5-9-18(16)15-20(23)21-14-6-8-17-10-12-19(13-11-17)22(2)3/h4-5,7,9-13H,6,8,14-15H2,1-3H3,(H,21,23). The van der Waals surface area contributed by atoms with Crippen molar-refractivity contribution in [3.8, 4) is 0 Å². The quantitative estimate of drug-likeness (QED) is 0.795. The lowest BCUT2D eigenvalue weighted by molar-refractivity contribution is -0.120. The normalized spacial score (nSPS) is 10.4. The predicted molar refractivity (Wildman–Crippen MR) is 97.0 cm³/mol. The van der Waals surface area contributed by atoms with Crippen molar-refractivity contribution in [1.29, 1.82) is 0 Å². The molecule has 0 heterocycles. The third-order valence-corrected chi connectivity index (χ3v) is 4.03. The van der Waals surface area contributed by atoms with Crippen molar-refractivity contribution in [2.45, 2.75) is 26.2 Å². The summed E-state index contributed by atoms with van der Waals surface area (Å²) in [5.74, 6) is 0.0993. The zero-order valence-electron chi connectivity index (χ0n) is 14.3. The molecule has 0 bridgehead atoms. The summed E-state index contributed by atoms with van der Waals surface area (Å²) >= 11 is 0. The van der Waals surface area contributed by atoms with Crippen LogP contribution in [0.5, 0.6) is 0 Å². The Balaban J connectivity index is 1.70. The van der Waals surface area contributed by atoms with E-state index in [0.717, 1.165) is 24.9 Å². The third-order valence-electron chi connectivity index (χ3n) is 4.03. The van der Waals surface area contributed by atoms with Gasteiger partial charge in [0.15, 0.2) is 0 Å². The number of amides is 1. The number of aryl methyl sites for hydroxylation is 2. The topological polar surface area (TPSA) is 32.3 Å². The summed E-state index contributed by atoms with van der Waals surface area (Å²) < 4.78 is 0. The maximum Gasteiger partial charge on any atom is 0.224 e. The Morgan fingerprint density at radius 3 is 2.39 bits per heavy atom. The Morgan fingerprint density at radius 2 is 1.74 bits per heavy atom. The van der Waals surface area contributed by atoms with Crippen LogP contribution in [0.2, 0.25) is 0 Å². The molecule has 3 heteroatoms. The van der Waals surface area contributed by atoms with E-state index in [9.17, 15) is 4.79 Å². The van der Waals surface area contributed by atoms with Crippen molar-refractivity contribution in [2.75, 3.05) is 25.5 Å². The summed E-state index contributed by atoms with van der Waals surface area (Å²) in [6, 6.07) is 16.6. The van der Waals surface area contributed by atoms with Crippen molar-refractivity contribution in [1.82, 2.24) is 5.32 Å². The molecule has 0 aliphatic heterocycles. The second kappa shape index (κ2) is 8.37. The van der Waals surface area contributed by atoms with Crippen LogP contribution in [0.15, 0.2) is 48.5 Å². The lowest BCUT2D eigenvalue weighted by Crippen LogP contribution is -2.26. The van der Waals surface area contributed by atoms with Crippen LogP contribution in [0.25, 0.3) is 0 Å². The zero-order chi connectivity index (χ0) is 16.7. The van der Waals surface area contributed by atoms with Gasteiger partial charge in [-0.2, -0.15) is 0 Å². The molecule has 122 valence electrons. The van der Waals surface area contributed by atoms with Crippen LogP contribution in [-0.4, -0.2) is 26.5 Å². The van der Waals surface area contributed by atoms with E-state index in [1.54, 1.807) is 0 Å². The van der Waals surface area contributed by atoms with Gasteiger partial charge in [-0.15, -0.1) is 0 Å². The molecule has 0 saturated heterocycles. The van der Waals surface area contributed by atoms with Crippen LogP contribution in [-0.2, 0) is 17.6 Å². The fourth-order valence-corrected chi connectivity index (χ4v) is 2.52. The molecular formula is C20H26N2O. The van der Waals surface area contributed by atoms with Crippen molar-refractivity contribution >= 4 is 11.6 Å². The maximum absolute atomic E-state index is 12.0. The Kier molecular flexibility index (Phi) is 6.21. The van der Waals surface area contributed by atoms with Crippen molar-refractivity contribution in [3.05, 3.63) is 65.2 Å². The molecule has 2 aromatic rings. The largest absolute Gasteiger partial charge is 0.378 e. The van der Waals surface area contributed by atoms with Crippen molar-refractivity contribution < 1.29 is 4.79 Å². The van der Waals surface area contributed by atoms with Crippen LogP contribution < -0.4 is 10.2 Å². The Labute approximate surface area is 139 Å². The molecule has 0 radical (unpaired) electrons. The monoisotopic (exact) mass is 310 g/mol. The van der Waals surface area contributed by atoms with E-state index in [4.69, 9.17) is 0 Å². The number of carbonyl (C=O) groups excluding carboxylic acids is 1. The summed E-state index contributed by atoms with van der Waals surface area (Å²) in [6.45, 7) is 2.76. The molecular weight excluding hydrogens is 284 g/mol. The molecule has 0 aromatic heterocycles. The van der Waals surface area contributed by atoms with Crippen molar-refractivity contribution in [3.63, 3.8) is 0 Å². The van der Waals surface area contributed by atoms with Gasteiger partial charge >= 0.3 is 0 Å². The van der Waals surface area contributed by atoms with Gasteiger partial charge in [-0.1, -0.05) is 36.4 Å². The number of carbonyl (C=O) groups is 1. The fraction of sp³-hybridized carbons (Fsp3) is 0.350. The summed E-state index contributed by atoms with van der Waals surface area (Å²) in [7, 11) is 4.08. The van der Waals surface area contributed by atoms with Gasteiger partial charge in [0, 0.05) is 26.3 Å². The highest BCUT2D eigenvalue weighted by Gasteiger charge is 2.05. The highest BCUT2D eigenvalue weighted by Crippen LogP contribution is 2.13. The van der Waals surface area contributed by atoms with Crippen LogP contribution >= 0.6 is 0 Å². The number of nitrogens with zero attached hydrogens (tertiary/aromatic N) is 1. The summed E-state index contributed by atoms with van der Waals surface area (Å²) in [4.78, 5) is 14.1. The molecule has 2 rings (SSSR count). The lowest BCUT2D eigenvalue weighted by atomic mass is 10.1. The molecule has 23 heavy (non-hydrogen) atoms. The lowest BCUT2D eigenvalue weighted by Gasteiger charge is -2.12. The molecule has 1 amide bonds. The molecule has 2 aromatic carbocycles. The van der Waals surface area contributed by atoms with Gasteiger partial charge in [0.1, 0.15) is 0 Å². The van der Waals surface area contributed by atoms with E-state index in [2.05, 4.69) is 34.5 Å². The number of benzene rings is 2. The van der Waals surface area contributed by atoms with Gasteiger partial charge in [0.05, 0.1) is 6.42 Å². The second-order valence-corrected chi connectivity index (χ2v) is 6.12. The fourth-order valence-electron chi connectivity index (χ4n) is 2.52. The van der Waals surface area contributed by atoms with Gasteiger partial charge in [-0.05, 0) is 48.6 Å². The Bertz CT molecular complexity index is 632. The van der Waals surface area contributed by atoms with E-state index < -0.39 is 0 Å². The van der Waals surface area contributed by atoms with Crippen LogP contribution in [0.1, 0.15) is 23.1 Å². The van der Waals surface area contributed by atoms with Crippen LogP contribution in [0.4, 0.5) is 5.69 Å². The molecule has 1 N–H and O–H groups in total. The molecule has 3 nitrogen and oxygen atoms in total. The average Bonchev–Trinajstić information content (AvgIpc) is 2.54. The molecule has 0 atom stereocenters. The second-order valence-electron chi connectivity index (χ2n) is 6.12. The van der Waals surface area contributed by atoms with Crippen LogP contribution in [0.3, 0.4) is 0 Å². The summed E-state index contributed by atoms with van der Waals surface area (Å²) in [5, 5.41) is 3.01. The van der Waals surface area contributed by atoms with Crippen molar-refractivity contribution in [2.24, 2.45) is 0 Å². The molecule has 0 unspecified atom stereocenters.